The van der Waals surface area contributed by atoms with Crippen molar-refractivity contribution in [2.75, 3.05) is 0 Å². The van der Waals surface area contributed by atoms with Gasteiger partial charge in [-0.1, -0.05) is 18.2 Å². The Bertz CT molecular complexity index is 767. The number of pyridine rings is 2. The molecule has 1 aromatic carbocycles. The molecule has 21 heavy (non-hydrogen) atoms. The van der Waals surface area contributed by atoms with E-state index in [1.807, 2.05) is 37.3 Å². The highest BCUT2D eigenvalue weighted by Crippen LogP contribution is 2.28. The summed E-state index contributed by atoms with van der Waals surface area (Å²) in [5.41, 5.74) is 2.40. The summed E-state index contributed by atoms with van der Waals surface area (Å²) in [5.74, 6) is 1.32. The number of aliphatic hydroxyl groups excluding tert-OH is 1. The lowest BCUT2D eigenvalue weighted by molar-refractivity contribution is 0.194. The van der Waals surface area contributed by atoms with E-state index in [4.69, 9.17) is 4.74 Å². The fraction of sp³-hybridized carbons (Fsp3) is 0.176. The molecule has 0 aliphatic heterocycles. The smallest absolute Gasteiger partial charge is 0.153 e. The molecular weight excluding hydrogens is 264 g/mol. The van der Waals surface area contributed by atoms with Crippen molar-refractivity contribution in [2.45, 2.75) is 20.0 Å². The van der Waals surface area contributed by atoms with E-state index >= 15 is 0 Å². The number of fused-ring (bicyclic) bond motifs is 1. The Hall–Kier alpha value is -2.46. The molecule has 0 saturated heterocycles. The predicted molar refractivity (Wildman–Crippen MR) is 81.4 cm³/mol. The molecule has 0 radical (unpaired) electrons. The van der Waals surface area contributed by atoms with Gasteiger partial charge in [0.1, 0.15) is 11.3 Å². The Kier molecular flexibility index (Phi) is 3.54. The SMILES string of the molecule is Cc1ccc2cccc(Oc3ccc([C@@H](C)O)nc3)c2n1. The molecule has 0 spiro atoms. The van der Waals surface area contributed by atoms with Crippen LogP contribution >= 0.6 is 0 Å². The minimum absolute atomic E-state index is 0.582. The Balaban J connectivity index is 1.96. The highest BCUT2D eigenvalue weighted by molar-refractivity contribution is 5.84. The van der Waals surface area contributed by atoms with E-state index in [1.54, 1.807) is 25.3 Å². The zero-order valence-corrected chi connectivity index (χ0v) is 11.9. The van der Waals surface area contributed by atoms with Gasteiger partial charge in [0, 0.05) is 11.1 Å². The highest BCUT2D eigenvalue weighted by Gasteiger charge is 2.07. The van der Waals surface area contributed by atoms with Crippen molar-refractivity contribution in [3.8, 4) is 11.5 Å². The minimum atomic E-state index is -0.582. The second-order valence-corrected chi connectivity index (χ2v) is 4.98. The van der Waals surface area contributed by atoms with Gasteiger partial charge in [-0.3, -0.25) is 4.98 Å². The lowest BCUT2D eigenvalue weighted by Crippen LogP contribution is -1.95. The van der Waals surface area contributed by atoms with Crippen LogP contribution in [-0.2, 0) is 0 Å². The zero-order chi connectivity index (χ0) is 14.8. The van der Waals surface area contributed by atoms with Gasteiger partial charge in [-0.25, -0.2) is 4.98 Å². The van der Waals surface area contributed by atoms with Crippen molar-refractivity contribution in [1.29, 1.82) is 0 Å². The van der Waals surface area contributed by atoms with Crippen LogP contribution in [0.4, 0.5) is 0 Å². The van der Waals surface area contributed by atoms with E-state index < -0.39 is 6.10 Å². The van der Waals surface area contributed by atoms with Gasteiger partial charge in [0.05, 0.1) is 18.0 Å². The molecule has 106 valence electrons. The molecule has 0 aliphatic rings. The largest absolute Gasteiger partial charge is 0.453 e. The van der Waals surface area contributed by atoms with Gasteiger partial charge >= 0.3 is 0 Å². The summed E-state index contributed by atoms with van der Waals surface area (Å²) in [6.45, 7) is 3.63. The summed E-state index contributed by atoms with van der Waals surface area (Å²) >= 11 is 0. The molecule has 0 saturated carbocycles. The van der Waals surface area contributed by atoms with Gasteiger partial charge in [-0.05, 0) is 38.1 Å². The van der Waals surface area contributed by atoms with E-state index in [0.29, 0.717) is 17.2 Å². The molecule has 1 N–H and O–H groups in total. The molecule has 4 heteroatoms. The van der Waals surface area contributed by atoms with Crippen LogP contribution in [0.1, 0.15) is 24.4 Å². The van der Waals surface area contributed by atoms with Crippen LogP contribution in [-0.4, -0.2) is 15.1 Å². The standard InChI is InChI=1S/C17H16N2O2/c1-11-6-7-13-4-3-5-16(17(13)19-11)21-14-8-9-15(12(2)20)18-10-14/h3-10,12,20H,1-2H3/t12-/m1/s1. The Morgan fingerprint density at radius 3 is 2.67 bits per heavy atom. The Morgan fingerprint density at radius 2 is 1.95 bits per heavy atom. The minimum Gasteiger partial charge on any atom is -0.453 e. The molecule has 0 unspecified atom stereocenters. The number of nitrogens with zero attached hydrogens (tertiary/aromatic N) is 2. The van der Waals surface area contributed by atoms with Crippen molar-refractivity contribution in [3.63, 3.8) is 0 Å². The number of aliphatic hydroxyl groups is 1. The molecule has 1 atom stereocenters. The molecule has 4 nitrogen and oxygen atoms in total. The van der Waals surface area contributed by atoms with E-state index in [-0.39, 0.29) is 0 Å². The van der Waals surface area contributed by atoms with E-state index in [9.17, 15) is 5.11 Å². The van der Waals surface area contributed by atoms with E-state index in [0.717, 1.165) is 16.6 Å². The number of para-hydroxylation sites is 1. The van der Waals surface area contributed by atoms with Gasteiger partial charge in [-0.2, -0.15) is 0 Å². The number of hydrogen-bond donors (Lipinski definition) is 1. The van der Waals surface area contributed by atoms with Crippen molar-refractivity contribution in [3.05, 3.63) is 60.0 Å². The second kappa shape index (κ2) is 5.50. The number of aryl methyl sites for hydroxylation is 1. The van der Waals surface area contributed by atoms with Crippen LogP contribution in [0, 0.1) is 6.92 Å². The second-order valence-electron chi connectivity index (χ2n) is 4.98. The summed E-state index contributed by atoms with van der Waals surface area (Å²) < 4.78 is 5.87. The summed E-state index contributed by atoms with van der Waals surface area (Å²) in [6.07, 6.45) is 1.03. The molecule has 0 bridgehead atoms. The maximum absolute atomic E-state index is 9.46. The Morgan fingerprint density at radius 1 is 1.10 bits per heavy atom. The van der Waals surface area contributed by atoms with Crippen LogP contribution in [0.2, 0.25) is 0 Å². The molecule has 0 amide bonds. The molecule has 0 fully saturated rings. The maximum atomic E-state index is 9.46. The van der Waals surface area contributed by atoms with Gasteiger partial charge < -0.3 is 9.84 Å². The highest BCUT2D eigenvalue weighted by atomic mass is 16.5. The summed E-state index contributed by atoms with van der Waals surface area (Å²) in [6, 6.07) is 13.4. The van der Waals surface area contributed by atoms with Crippen molar-refractivity contribution >= 4 is 10.9 Å². The van der Waals surface area contributed by atoms with Crippen LogP contribution in [0.15, 0.2) is 48.7 Å². The summed E-state index contributed by atoms with van der Waals surface area (Å²) in [4.78, 5) is 8.71. The maximum Gasteiger partial charge on any atom is 0.153 e. The average molecular weight is 280 g/mol. The van der Waals surface area contributed by atoms with Crippen molar-refractivity contribution in [2.24, 2.45) is 0 Å². The monoisotopic (exact) mass is 280 g/mol. The molecule has 2 heterocycles. The number of hydrogen-bond acceptors (Lipinski definition) is 4. The number of benzene rings is 1. The van der Waals surface area contributed by atoms with Gasteiger partial charge in [-0.15, -0.1) is 0 Å². The number of aromatic nitrogens is 2. The van der Waals surface area contributed by atoms with E-state index in [1.165, 1.54) is 0 Å². The molecular formula is C17H16N2O2. The molecule has 3 aromatic rings. The van der Waals surface area contributed by atoms with Crippen LogP contribution in [0.5, 0.6) is 11.5 Å². The third kappa shape index (κ3) is 2.85. The topological polar surface area (TPSA) is 55.2 Å². The van der Waals surface area contributed by atoms with Gasteiger partial charge in [0.2, 0.25) is 0 Å². The Labute approximate surface area is 123 Å². The normalized spacial score (nSPS) is 12.3. The first-order valence-corrected chi connectivity index (χ1v) is 6.82. The lowest BCUT2D eigenvalue weighted by Gasteiger charge is -2.09. The van der Waals surface area contributed by atoms with Crippen molar-refractivity contribution in [1.82, 2.24) is 9.97 Å². The summed E-state index contributed by atoms with van der Waals surface area (Å²) in [7, 11) is 0. The molecule has 3 rings (SSSR count). The lowest BCUT2D eigenvalue weighted by atomic mass is 10.2. The number of ether oxygens (including phenoxy) is 1. The van der Waals surface area contributed by atoms with Crippen LogP contribution in [0.25, 0.3) is 10.9 Å². The molecule has 0 aliphatic carbocycles. The fourth-order valence-corrected chi connectivity index (χ4v) is 2.13. The third-order valence-electron chi connectivity index (χ3n) is 3.24. The van der Waals surface area contributed by atoms with E-state index in [2.05, 4.69) is 9.97 Å². The fourth-order valence-electron chi connectivity index (χ4n) is 2.13. The first-order chi connectivity index (χ1) is 10.1. The first-order valence-electron chi connectivity index (χ1n) is 6.82. The molecule has 2 aromatic heterocycles. The predicted octanol–water partition coefficient (Wildman–Crippen LogP) is 3.78. The first kappa shape index (κ1) is 13.5. The summed E-state index contributed by atoms with van der Waals surface area (Å²) in [5, 5.41) is 10.5. The van der Waals surface area contributed by atoms with Crippen LogP contribution in [0.3, 0.4) is 0 Å². The van der Waals surface area contributed by atoms with Gasteiger partial charge in [0.15, 0.2) is 5.75 Å². The van der Waals surface area contributed by atoms with Crippen LogP contribution < -0.4 is 4.74 Å². The van der Waals surface area contributed by atoms with Crippen molar-refractivity contribution < 1.29 is 9.84 Å². The quantitative estimate of drug-likeness (QED) is 0.793. The number of rotatable bonds is 3. The third-order valence-corrected chi connectivity index (χ3v) is 3.24. The average Bonchev–Trinajstić information content (AvgIpc) is 2.48. The van der Waals surface area contributed by atoms with Gasteiger partial charge in [0.25, 0.3) is 0 Å². The zero-order valence-electron chi connectivity index (χ0n) is 11.9.